The van der Waals surface area contributed by atoms with E-state index in [-0.39, 0.29) is 0 Å². The van der Waals surface area contributed by atoms with Crippen molar-refractivity contribution in [2.45, 2.75) is 0 Å². The lowest BCUT2D eigenvalue weighted by atomic mass is 10.0. The Morgan fingerprint density at radius 3 is 1.81 bits per heavy atom. The molecular formula is C37H20N2O3. The first-order chi connectivity index (χ1) is 20.8. The molecule has 42 heavy (non-hydrogen) atoms. The van der Waals surface area contributed by atoms with Gasteiger partial charge in [-0.3, -0.25) is 0 Å². The van der Waals surface area contributed by atoms with Crippen LogP contribution >= 0.6 is 0 Å². The van der Waals surface area contributed by atoms with E-state index < -0.39 is 0 Å². The van der Waals surface area contributed by atoms with Gasteiger partial charge in [-0.1, -0.05) is 72.8 Å². The summed E-state index contributed by atoms with van der Waals surface area (Å²) in [5.74, 6) is 0.549. The molecule has 0 spiro atoms. The van der Waals surface area contributed by atoms with Gasteiger partial charge in [0.1, 0.15) is 22.3 Å². The molecule has 0 aliphatic carbocycles. The second-order valence-electron chi connectivity index (χ2n) is 10.7. The van der Waals surface area contributed by atoms with Crippen LogP contribution in [0.1, 0.15) is 0 Å². The van der Waals surface area contributed by atoms with Crippen LogP contribution in [-0.2, 0) is 0 Å². The molecule has 0 saturated carbocycles. The zero-order chi connectivity index (χ0) is 27.4. The monoisotopic (exact) mass is 540 g/mol. The fraction of sp³-hybridized carbons (Fsp3) is 0. The summed E-state index contributed by atoms with van der Waals surface area (Å²) in [6.07, 6.45) is 0. The predicted octanol–water partition coefficient (Wildman–Crippen LogP) is 10.4. The Hall–Kier alpha value is -5.81. The highest BCUT2D eigenvalue weighted by atomic mass is 16.4. The van der Waals surface area contributed by atoms with Crippen molar-refractivity contribution in [3.63, 3.8) is 0 Å². The lowest BCUT2D eigenvalue weighted by molar-refractivity contribution is 0.622. The molecule has 0 amide bonds. The van der Waals surface area contributed by atoms with Crippen molar-refractivity contribution < 1.29 is 13.3 Å². The Balaban J connectivity index is 1.31. The minimum atomic E-state index is 0.549. The number of para-hydroxylation sites is 4. The van der Waals surface area contributed by atoms with Gasteiger partial charge >= 0.3 is 0 Å². The van der Waals surface area contributed by atoms with Gasteiger partial charge in [-0.25, -0.2) is 4.98 Å². The zero-order valence-electron chi connectivity index (χ0n) is 22.2. The van der Waals surface area contributed by atoms with Gasteiger partial charge in [-0.05, 0) is 48.5 Å². The Bertz CT molecular complexity index is 2650. The summed E-state index contributed by atoms with van der Waals surface area (Å²) in [7, 11) is 0. The summed E-state index contributed by atoms with van der Waals surface area (Å²) >= 11 is 0. The van der Waals surface area contributed by atoms with Crippen LogP contribution in [0.2, 0.25) is 0 Å². The van der Waals surface area contributed by atoms with Crippen molar-refractivity contribution >= 4 is 76.8 Å². The van der Waals surface area contributed by atoms with Crippen molar-refractivity contribution in [3.05, 3.63) is 121 Å². The summed E-state index contributed by atoms with van der Waals surface area (Å²) in [5.41, 5.74) is 8.86. The first kappa shape index (κ1) is 21.9. The van der Waals surface area contributed by atoms with Gasteiger partial charge < -0.3 is 17.8 Å². The van der Waals surface area contributed by atoms with E-state index in [1.165, 1.54) is 10.8 Å². The van der Waals surface area contributed by atoms with E-state index >= 15 is 0 Å². The average molecular weight is 541 g/mol. The van der Waals surface area contributed by atoms with Crippen molar-refractivity contribution in [2.24, 2.45) is 0 Å². The summed E-state index contributed by atoms with van der Waals surface area (Å²) < 4.78 is 21.7. The lowest BCUT2D eigenvalue weighted by Crippen LogP contribution is -1.95. The smallest absolute Gasteiger partial charge is 0.228 e. The molecule has 0 atom stereocenters. The number of fused-ring (bicyclic) bond motifs is 11. The van der Waals surface area contributed by atoms with Gasteiger partial charge in [0.2, 0.25) is 5.89 Å². The lowest BCUT2D eigenvalue weighted by Gasteiger charge is -2.10. The Kier molecular flexibility index (Phi) is 4.12. The molecule has 0 fully saturated rings. The minimum absolute atomic E-state index is 0.549. The highest BCUT2D eigenvalue weighted by molar-refractivity contribution is 6.18. The zero-order valence-corrected chi connectivity index (χ0v) is 22.2. The summed E-state index contributed by atoms with van der Waals surface area (Å²) in [5, 5.41) is 6.36. The van der Waals surface area contributed by atoms with Crippen LogP contribution in [0.4, 0.5) is 0 Å². The second kappa shape index (κ2) is 7.89. The molecule has 0 N–H and O–H groups in total. The SMILES string of the molecule is c1ccc2c(c1)oc1c(-n3c4ccccc4c4ccccc43)ccc(-c3nc4ccc5oc6ccccc6c5c4o3)c12. The van der Waals surface area contributed by atoms with Crippen molar-refractivity contribution in [3.8, 4) is 17.1 Å². The Labute approximate surface area is 237 Å². The largest absolute Gasteiger partial charge is 0.456 e. The number of rotatable bonds is 2. The normalized spacial score (nSPS) is 12.3. The molecule has 0 saturated heterocycles. The molecule has 10 aromatic rings. The van der Waals surface area contributed by atoms with Crippen LogP contribution in [0.3, 0.4) is 0 Å². The molecule has 10 rings (SSSR count). The van der Waals surface area contributed by atoms with Gasteiger partial charge in [0.15, 0.2) is 11.2 Å². The van der Waals surface area contributed by atoms with Gasteiger partial charge in [-0.2, -0.15) is 0 Å². The number of aromatic nitrogens is 2. The van der Waals surface area contributed by atoms with Crippen molar-refractivity contribution in [1.82, 2.24) is 9.55 Å². The number of hydrogen-bond donors (Lipinski definition) is 0. The van der Waals surface area contributed by atoms with Gasteiger partial charge in [0.05, 0.1) is 22.1 Å². The van der Waals surface area contributed by atoms with Crippen molar-refractivity contribution in [1.29, 1.82) is 0 Å². The second-order valence-corrected chi connectivity index (χ2v) is 10.7. The molecule has 6 aromatic carbocycles. The average Bonchev–Trinajstić information content (AvgIpc) is 3.80. The molecule has 5 nitrogen and oxygen atoms in total. The molecule has 0 unspecified atom stereocenters. The van der Waals surface area contributed by atoms with Crippen LogP contribution in [-0.4, -0.2) is 9.55 Å². The molecule has 0 aliphatic rings. The molecule has 0 bridgehead atoms. The predicted molar refractivity (Wildman–Crippen MR) is 168 cm³/mol. The summed E-state index contributed by atoms with van der Waals surface area (Å²) in [6, 6.07) is 41.4. The third-order valence-electron chi connectivity index (χ3n) is 8.45. The van der Waals surface area contributed by atoms with E-state index in [1.807, 2.05) is 48.5 Å². The fourth-order valence-corrected chi connectivity index (χ4v) is 6.66. The van der Waals surface area contributed by atoms with E-state index in [1.54, 1.807) is 0 Å². The van der Waals surface area contributed by atoms with E-state index in [0.717, 1.165) is 77.3 Å². The fourth-order valence-electron chi connectivity index (χ4n) is 6.66. The van der Waals surface area contributed by atoms with E-state index in [9.17, 15) is 0 Å². The maximum atomic E-state index is 6.65. The maximum Gasteiger partial charge on any atom is 0.228 e. The summed E-state index contributed by atoms with van der Waals surface area (Å²) in [4.78, 5) is 4.99. The molecule has 196 valence electrons. The molecule has 5 heteroatoms. The quantitative estimate of drug-likeness (QED) is 0.219. The maximum absolute atomic E-state index is 6.65. The van der Waals surface area contributed by atoms with Crippen LogP contribution in [0.25, 0.3) is 93.9 Å². The number of furan rings is 2. The van der Waals surface area contributed by atoms with Gasteiger partial charge in [0.25, 0.3) is 0 Å². The molecule has 0 radical (unpaired) electrons. The van der Waals surface area contributed by atoms with E-state index in [4.69, 9.17) is 18.2 Å². The minimum Gasteiger partial charge on any atom is -0.456 e. The van der Waals surface area contributed by atoms with E-state index in [0.29, 0.717) is 5.89 Å². The van der Waals surface area contributed by atoms with Gasteiger partial charge in [-0.15, -0.1) is 0 Å². The van der Waals surface area contributed by atoms with Crippen LogP contribution in [0.15, 0.2) is 135 Å². The van der Waals surface area contributed by atoms with E-state index in [2.05, 4.69) is 77.4 Å². The highest BCUT2D eigenvalue weighted by Crippen LogP contribution is 2.43. The molecule has 4 aromatic heterocycles. The third-order valence-corrected chi connectivity index (χ3v) is 8.45. The standard InChI is InChI=1S/C37H20N2O3/c1-5-13-27-21(9-1)22-10-2-6-14-28(22)39(27)29-19-17-25(33-23-11-3-8-16-31(23)41-36(29)33)37-38-26-18-20-32-34(35(26)42-37)24-12-4-7-15-30(24)40-32/h1-20H. The Morgan fingerprint density at radius 1 is 0.452 bits per heavy atom. The topological polar surface area (TPSA) is 57.2 Å². The third kappa shape index (κ3) is 2.79. The number of benzene rings is 6. The number of nitrogens with zero attached hydrogens (tertiary/aromatic N) is 2. The summed E-state index contributed by atoms with van der Waals surface area (Å²) in [6.45, 7) is 0. The van der Waals surface area contributed by atoms with Crippen LogP contribution in [0, 0.1) is 0 Å². The van der Waals surface area contributed by atoms with Gasteiger partial charge in [0, 0.05) is 32.5 Å². The first-order valence-corrected chi connectivity index (χ1v) is 14.0. The Morgan fingerprint density at radius 2 is 1.07 bits per heavy atom. The molecule has 4 heterocycles. The number of oxazole rings is 1. The molecular weight excluding hydrogens is 520 g/mol. The first-order valence-electron chi connectivity index (χ1n) is 14.0. The van der Waals surface area contributed by atoms with Crippen LogP contribution in [0.5, 0.6) is 0 Å². The van der Waals surface area contributed by atoms with Crippen LogP contribution < -0.4 is 0 Å². The van der Waals surface area contributed by atoms with Crippen molar-refractivity contribution in [2.75, 3.05) is 0 Å². The number of hydrogen-bond acceptors (Lipinski definition) is 4. The highest BCUT2D eigenvalue weighted by Gasteiger charge is 2.23. The molecule has 0 aliphatic heterocycles.